The molecule has 4 heterocycles. The van der Waals surface area contributed by atoms with Gasteiger partial charge in [-0.1, -0.05) is 283 Å². The highest BCUT2D eigenvalue weighted by molar-refractivity contribution is 7.00. The molecule has 0 bridgehead atoms. The maximum Gasteiger partial charge on any atom is 0.252 e. The van der Waals surface area contributed by atoms with E-state index in [0.29, 0.717) is 6.54 Å². The fourth-order valence-electron chi connectivity index (χ4n) is 17.5. The number of aromatic nitrogens is 2. The molecule has 18 rings (SSSR count). The van der Waals surface area contributed by atoms with Crippen LogP contribution in [0.3, 0.4) is 0 Å². The van der Waals surface area contributed by atoms with Gasteiger partial charge in [0, 0.05) is 96.9 Å². The van der Waals surface area contributed by atoms with E-state index in [0.717, 1.165) is 47.1 Å². The number of hydrogen-bond donors (Lipinski definition) is 0. The lowest BCUT2D eigenvalue weighted by molar-refractivity contribution is 0.590. The van der Waals surface area contributed by atoms with E-state index in [9.17, 15) is 0 Å². The summed E-state index contributed by atoms with van der Waals surface area (Å²) in [5.41, 5.74) is 34.0. The molecule has 534 valence electrons. The number of nitrogens with zero attached hydrogens (tertiary/aromatic N) is 5. The summed E-state index contributed by atoms with van der Waals surface area (Å²) in [5.74, 6) is 0. The van der Waals surface area contributed by atoms with Crippen LogP contribution < -0.4 is 31.1 Å². The first kappa shape index (κ1) is 68.9. The van der Waals surface area contributed by atoms with Crippen molar-refractivity contribution in [1.29, 1.82) is 0 Å². The van der Waals surface area contributed by atoms with Crippen molar-refractivity contribution in [2.75, 3.05) is 21.2 Å². The molecule has 0 unspecified atom stereocenters. The van der Waals surface area contributed by atoms with Crippen LogP contribution in [0.2, 0.25) is 0 Å². The number of anilines is 8. The molecule has 0 fully saturated rings. The third-order valence-corrected chi connectivity index (χ3v) is 23.3. The van der Waals surface area contributed by atoms with E-state index in [1.54, 1.807) is 0 Å². The Morgan fingerprint density at radius 3 is 1.36 bits per heavy atom. The van der Waals surface area contributed by atoms with Crippen LogP contribution >= 0.6 is 0 Å². The highest BCUT2D eigenvalue weighted by atomic mass is 15.2. The van der Waals surface area contributed by atoms with Crippen LogP contribution in [0.25, 0.3) is 82.7 Å². The maximum absolute atomic E-state index is 2.76. The summed E-state index contributed by atoms with van der Waals surface area (Å²) in [6, 6.07) is 120. The minimum atomic E-state index is -0.246. The van der Waals surface area contributed by atoms with Gasteiger partial charge in [-0.15, -0.1) is 0 Å². The topological polar surface area (TPSA) is 19.6 Å². The summed E-state index contributed by atoms with van der Waals surface area (Å²) < 4.78 is 5.02. The molecule has 16 aromatic rings. The van der Waals surface area contributed by atoms with E-state index in [-0.39, 0.29) is 28.4 Å². The second-order valence-corrected chi connectivity index (χ2v) is 34.5. The maximum atomic E-state index is 2.76. The molecule has 0 amide bonds. The molecule has 6 heteroatoms. The van der Waals surface area contributed by atoms with Crippen molar-refractivity contribution in [3.05, 3.63) is 349 Å². The molecule has 109 heavy (non-hydrogen) atoms. The van der Waals surface area contributed by atoms with E-state index in [4.69, 9.17) is 0 Å². The second-order valence-electron chi connectivity index (χ2n) is 34.5. The summed E-state index contributed by atoms with van der Waals surface area (Å²) in [7, 11) is 0. The van der Waals surface area contributed by atoms with Gasteiger partial charge in [0.2, 0.25) is 0 Å². The molecule has 14 aromatic carbocycles. The monoisotopic (exact) mass is 1410 g/mol. The third-order valence-electron chi connectivity index (χ3n) is 23.3. The van der Waals surface area contributed by atoms with Gasteiger partial charge in [-0.3, -0.25) is 0 Å². The Morgan fingerprint density at radius 2 is 0.789 bits per heavy atom. The van der Waals surface area contributed by atoms with Crippen molar-refractivity contribution >= 4 is 112 Å². The molecule has 0 aliphatic carbocycles. The molecule has 0 saturated carbocycles. The SMILES string of the molecule is CC(C)(C)c1cc(-c2ccccc2)c(CCN2c3cc(Cn4c5ccc(C(C)(C)C)cc5c5cc(C(C)(C)C)ccc54)ccc3B3c4ccc(N(c5ccccc5)c5ccc(-n6c7ccccc7c7ccccc76)cc5)cc4N(c4cccc(-c5ccccc5)c4)c4cc(C(C)(C)C)cc2c43)c(-c2ccccc2)c1. The average molecular weight is 1410 g/mol. The first-order chi connectivity index (χ1) is 52.6. The predicted molar refractivity (Wildman–Crippen MR) is 468 cm³/mol. The Labute approximate surface area is 644 Å². The van der Waals surface area contributed by atoms with Gasteiger partial charge in [0.1, 0.15) is 0 Å². The smallest absolute Gasteiger partial charge is 0.252 e. The lowest BCUT2D eigenvalue weighted by Crippen LogP contribution is -2.62. The quantitative estimate of drug-likeness (QED) is 0.107. The number of fused-ring (bicyclic) bond motifs is 10. The lowest BCUT2D eigenvalue weighted by atomic mass is 9.33. The third kappa shape index (κ3) is 12.3. The first-order valence-corrected chi connectivity index (χ1v) is 39.1. The molecule has 2 aromatic heterocycles. The normalized spacial score (nSPS) is 13.0. The highest BCUT2D eigenvalue weighted by Crippen LogP contribution is 2.49. The van der Waals surface area contributed by atoms with Crippen molar-refractivity contribution < 1.29 is 0 Å². The van der Waals surface area contributed by atoms with Gasteiger partial charge in [-0.2, -0.15) is 0 Å². The van der Waals surface area contributed by atoms with Gasteiger partial charge in [0.15, 0.2) is 0 Å². The Balaban J connectivity index is 0.872. The predicted octanol–water partition coefficient (Wildman–Crippen LogP) is 25.6. The second kappa shape index (κ2) is 26.5. The van der Waals surface area contributed by atoms with Gasteiger partial charge in [0.25, 0.3) is 6.71 Å². The van der Waals surface area contributed by atoms with Crippen LogP contribution in [0.4, 0.5) is 45.5 Å². The lowest BCUT2D eigenvalue weighted by Gasteiger charge is -2.45. The molecule has 5 nitrogen and oxygen atoms in total. The average Bonchev–Trinajstić information content (AvgIpc) is 1.53. The fraction of sp³-hybridized carbons (Fsp3) is 0.184. The summed E-state index contributed by atoms with van der Waals surface area (Å²) in [6.07, 6.45) is 0.776. The number of para-hydroxylation sites is 3. The summed E-state index contributed by atoms with van der Waals surface area (Å²) in [6.45, 7) is 29.5. The summed E-state index contributed by atoms with van der Waals surface area (Å²) in [5, 5.41) is 5.12. The van der Waals surface area contributed by atoms with Crippen LogP contribution in [0.15, 0.2) is 315 Å². The molecule has 2 aliphatic rings. The number of rotatable bonds is 13. The fourth-order valence-corrected chi connectivity index (χ4v) is 17.5. The van der Waals surface area contributed by atoms with Crippen molar-refractivity contribution in [3.63, 3.8) is 0 Å². The van der Waals surface area contributed by atoms with Gasteiger partial charge < -0.3 is 23.8 Å². The van der Waals surface area contributed by atoms with Crippen LogP contribution in [-0.2, 0) is 34.6 Å². The van der Waals surface area contributed by atoms with Gasteiger partial charge in [-0.05, 0) is 226 Å². The van der Waals surface area contributed by atoms with Crippen LogP contribution in [0, 0.1) is 0 Å². The van der Waals surface area contributed by atoms with Crippen molar-refractivity contribution in [1.82, 2.24) is 9.13 Å². The van der Waals surface area contributed by atoms with E-state index in [2.05, 4.69) is 422 Å². The van der Waals surface area contributed by atoms with Gasteiger partial charge in [0.05, 0.1) is 11.0 Å². The molecule has 0 atom stereocenters. The highest BCUT2D eigenvalue weighted by Gasteiger charge is 2.45. The van der Waals surface area contributed by atoms with Gasteiger partial charge >= 0.3 is 0 Å². The summed E-state index contributed by atoms with van der Waals surface area (Å²) in [4.78, 5) is 7.85. The van der Waals surface area contributed by atoms with E-state index < -0.39 is 0 Å². The van der Waals surface area contributed by atoms with Crippen molar-refractivity contribution in [3.8, 4) is 39.1 Å². The van der Waals surface area contributed by atoms with Crippen molar-refractivity contribution in [2.45, 2.75) is 118 Å². The number of hydrogen-bond acceptors (Lipinski definition) is 3. The molecular formula is C103H94BN5. The summed E-state index contributed by atoms with van der Waals surface area (Å²) >= 11 is 0. The van der Waals surface area contributed by atoms with Crippen molar-refractivity contribution in [2.24, 2.45) is 0 Å². The van der Waals surface area contributed by atoms with Gasteiger partial charge in [-0.25, -0.2) is 0 Å². The van der Waals surface area contributed by atoms with Crippen LogP contribution in [0.5, 0.6) is 0 Å². The zero-order chi connectivity index (χ0) is 74.8. The Kier molecular flexibility index (Phi) is 16.8. The molecule has 0 N–H and O–H groups in total. The largest absolute Gasteiger partial charge is 0.342 e. The minimum absolute atomic E-state index is 0.0142. The first-order valence-electron chi connectivity index (χ1n) is 39.1. The molecule has 0 saturated heterocycles. The molecular weight excluding hydrogens is 1320 g/mol. The van der Waals surface area contributed by atoms with E-state index in [1.165, 1.54) is 144 Å². The molecule has 2 aliphatic heterocycles. The molecule has 0 radical (unpaired) electrons. The Bertz CT molecular complexity index is 5990. The van der Waals surface area contributed by atoms with E-state index in [1.807, 2.05) is 0 Å². The van der Waals surface area contributed by atoms with Crippen LogP contribution in [0.1, 0.15) is 116 Å². The minimum Gasteiger partial charge on any atom is -0.342 e. The Morgan fingerprint density at radius 1 is 0.312 bits per heavy atom. The van der Waals surface area contributed by atoms with Crippen LogP contribution in [-0.4, -0.2) is 22.4 Å². The standard InChI is InChI=1S/C103H94BN5/c1-100(2,3)73-45-54-91-87(60-73)88-61-74(101(4,5)6)46-55-92(88)106(91)67-68-44-52-89-95(58-68)105(57-56-82-85(70-32-19-14-20-33-70)62-75(102(7,8)9)63-86(82)71-34-21-15-22-35-71)97-64-76(103(10,11)12)65-98-99(97)104(89)90-53-51-81(66-96(90)109(98)80-39-29-36-72(59-80)69-30-17-13-18-31-69)107(77-37-23-16-24-38-77)78-47-49-79(50-48-78)108-93-42-27-25-40-83(93)84-41-26-28-43-94(84)108/h13-55,58-66H,56-57,67H2,1-12H3. The number of benzene rings is 14. The molecule has 0 spiro atoms. The zero-order valence-corrected chi connectivity index (χ0v) is 65.0. The van der Waals surface area contributed by atoms with E-state index >= 15 is 0 Å². The Hall–Kier alpha value is -11.9. The zero-order valence-electron chi connectivity index (χ0n) is 65.0.